The Bertz CT molecular complexity index is 593. The first-order valence-electron chi connectivity index (χ1n) is 7.50. The largest absolute Gasteiger partial charge is 0.370 e. The normalized spacial score (nSPS) is 14.2. The number of rotatable bonds is 6. The van der Waals surface area contributed by atoms with E-state index in [1.54, 1.807) is 12.1 Å². The lowest BCUT2D eigenvalue weighted by molar-refractivity contribution is 0.586. The van der Waals surface area contributed by atoms with Gasteiger partial charge in [0.25, 0.3) is 0 Å². The van der Waals surface area contributed by atoms with Crippen molar-refractivity contribution >= 4 is 5.69 Å². The lowest BCUT2D eigenvalue weighted by Gasteiger charge is -2.23. The molecule has 110 valence electrons. The summed E-state index contributed by atoms with van der Waals surface area (Å²) in [7, 11) is 2.02. The third-order valence-corrected chi connectivity index (χ3v) is 3.91. The molecule has 2 aromatic carbocycles. The van der Waals surface area contributed by atoms with Crippen LogP contribution in [-0.4, -0.2) is 13.1 Å². The van der Waals surface area contributed by atoms with E-state index in [0.717, 1.165) is 17.8 Å². The molecule has 1 aliphatic rings. The van der Waals surface area contributed by atoms with Gasteiger partial charge in [0.1, 0.15) is 5.82 Å². The van der Waals surface area contributed by atoms with Gasteiger partial charge in [0.15, 0.2) is 0 Å². The average Bonchev–Trinajstić information content (AvgIpc) is 3.31. The van der Waals surface area contributed by atoms with Gasteiger partial charge in [-0.2, -0.15) is 0 Å². The highest BCUT2D eigenvalue weighted by atomic mass is 19.1. The van der Waals surface area contributed by atoms with Crippen LogP contribution in [0.1, 0.15) is 24.0 Å². The van der Waals surface area contributed by atoms with Crippen molar-refractivity contribution in [3.05, 3.63) is 65.5 Å². The summed E-state index contributed by atoms with van der Waals surface area (Å²) in [6.45, 7) is 1.38. The van der Waals surface area contributed by atoms with Crippen molar-refractivity contribution in [1.82, 2.24) is 5.32 Å². The van der Waals surface area contributed by atoms with Gasteiger partial charge in [-0.1, -0.05) is 36.4 Å². The molecule has 21 heavy (non-hydrogen) atoms. The van der Waals surface area contributed by atoms with Crippen LogP contribution in [0.3, 0.4) is 0 Å². The quantitative estimate of drug-likeness (QED) is 0.870. The number of nitrogens with one attached hydrogen (secondary N) is 1. The molecule has 0 unspecified atom stereocenters. The highest BCUT2D eigenvalue weighted by Crippen LogP contribution is 2.26. The van der Waals surface area contributed by atoms with E-state index in [1.165, 1.54) is 18.4 Å². The van der Waals surface area contributed by atoms with Crippen molar-refractivity contribution in [3.63, 3.8) is 0 Å². The van der Waals surface area contributed by atoms with Crippen molar-refractivity contribution < 1.29 is 4.39 Å². The molecule has 2 nitrogen and oxygen atoms in total. The highest BCUT2D eigenvalue weighted by Gasteiger charge is 2.21. The summed E-state index contributed by atoms with van der Waals surface area (Å²) in [6.07, 6.45) is 2.42. The van der Waals surface area contributed by atoms with E-state index in [2.05, 4.69) is 22.3 Å². The summed E-state index contributed by atoms with van der Waals surface area (Å²) in [5, 5.41) is 3.41. The Morgan fingerprint density at radius 3 is 2.57 bits per heavy atom. The summed E-state index contributed by atoms with van der Waals surface area (Å²) >= 11 is 0. The van der Waals surface area contributed by atoms with E-state index in [-0.39, 0.29) is 5.82 Å². The van der Waals surface area contributed by atoms with Gasteiger partial charge in [0.05, 0.1) is 0 Å². The van der Waals surface area contributed by atoms with Crippen LogP contribution in [0.4, 0.5) is 10.1 Å². The molecule has 0 saturated heterocycles. The topological polar surface area (TPSA) is 15.3 Å². The fourth-order valence-corrected chi connectivity index (χ4v) is 2.56. The van der Waals surface area contributed by atoms with Gasteiger partial charge in [-0.15, -0.1) is 0 Å². The van der Waals surface area contributed by atoms with E-state index in [4.69, 9.17) is 0 Å². The molecule has 0 spiro atoms. The molecule has 0 amide bonds. The van der Waals surface area contributed by atoms with Crippen molar-refractivity contribution in [2.24, 2.45) is 0 Å². The number of benzene rings is 2. The predicted molar refractivity (Wildman–Crippen MR) is 84.8 cm³/mol. The Hall–Kier alpha value is -1.87. The number of nitrogens with zero attached hydrogens (tertiary/aromatic N) is 1. The first-order chi connectivity index (χ1) is 10.2. The van der Waals surface area contributed by atoms with Crippen LogP contribution in [0.5, 0.6) is 0 Å². The van der Waals surface area contributed by atoms with Crippen LogP contribution in [-0.2, 0) is 13.1 Å². The number of hydrogen-bond donors (Lipinski definition) is 1. The van der Waals surface area contributed by atoms with Crippen LogP contribution in [0, 0.1) is 5.82 Å². The molecule has 1 N–H and O–H groups in total. The predicted octanol–water partition coefficient (Wildman–Crippen LogP) is 3.71. The second-order valence-corrected chi connectivity index (χ2v) is 5.73. The first-order valence-corrected chi connectivity index (χ1v) is 7.50. The molecule has 1 aliphatic carbocycles. The van der Waals surface area contributed by atoms with E-state index in [0.29, 0.717) is 12.6 Å². The summed E-state index contributed by atoms with van der Waals surface area (Å²) in [4.78, 5) is 2.11. The molecule has 1 saturated carbocycles. The summed E-state index contributed by atoms with van der Waals surface area (Å²) < 4.78 is 14.2. The Labute approximate surface area is 125 Å². The highest BCUT2D eigenvalue weighted by molar-refractivity contribution is 5.54. The zero-order valence-electron chi connectivity index (χ0n) is 12.3. The monoisotopic (exact) mass is 284 g/mol. The van der Waals surface area contributed by atoms with Crippen molar-refractivity contribution in [3.8, 4) is 0 Å². The molecule has 0 aliphatic heterocycles. The molecule has 0 heterocycles. The minimum absolute atomic E-state index is 0.124. The van der Waals surface area contributed by atoms with Crippen molar-refractivity contribution in [2.45, 2.75) is 32.0 Å². The van der Waals surface area contributed by atoms with Crippen molar-refractivity contribution in [2.75, 3.05) is 11.9 Å². The minimum Gasteiger partial charge on any atom is -0.370 e. The van der Waals surface area contributed by atoms with Gasteiger partial charge in [-0.25, -0.2) is 4.39 Å². The minimum atomic E-state index is -0.124. The lowest BCUT2D eigenvalue weighted by Crippen LogP contribution is -2.22. The van der Waals surface area contributed by atoms with Crippen molar-refractivity contribution in [1.29, 1.82) is 0 Å². The number of anilines is 1. The summed E-state index contributed by atoms with van der Waals surface area (Å²) in [5.74, 6) is -0.124. The molecule has 3 heteroatoms. The standard InChI is InChI=1S/C18H21FN2/c1-21(13-14-6-3-2-4-7-14)18-9-5-8-17(19)16(18)12-20-15-10-11-15/h2-9,15,20H,10-13H2,1H3. The SMILES string of the molecule is CN(Cc1ccccc1)c1cccc(F)c1CNC1CC1. The molecule has 0 radical (unpaired) electrons. The zero-order valence-corrected chi connectivity index (χ0v) is 12.3. The molecule has 0 atom stereocenters. The van der Waals surface area contributed by atoms with Gasteiger partial charge < -0.3 is 10.2 Å². The fourth-order valence-electron chi connectivity index (χ4n) is 2.56. The number of halogens is 1. The van der Waals surface area contributed by atoms with Crippen LogP contribution < -0.4 is 10.2 Å². The van der Waals surface area contributed by atoms with Gasteiger partial charge in [0.2, 0.25) is 0 Å². The molecule has 0 bridgehead atoms. The Balaban J connectivity index is 1.77. The molecule has 0 aromatic heterocycles. The van der Waals surface area contributed by atoms with Gasteiger partial charge in [-0.05, 0) is 30.5 Å². The summed E-state index contributed by atoms with van der Waals surface area (Å²) in [5.41, 5.74) is 2.96. The van der Waals surface area contributed by atoms with Crippen LogP contribution >= 0.6 is 0 Å². The maximum atomic E-state index is 14.2. The maximum absolute atomic E-state index is 14.2. The third kappa shape index (κ3) is 3.61. The Morgan fingerprint density at radius 2 is 1.86 bits per heavy atom. The first kappa shape index (κ1) is 14.1. The smallest absolute Gasteiger partial charge is 0.129 e. The van der Waals surface area contributed by atoms with Gasteiger partial charge in [-0.3, -0.25) is 0 Å². The zero-order chi connectivity index (χ0) is 14.7. The maximum Gasteiger partial charge on any atom is 0.129 e. The third-order valence-electron chi connectivity index (χ3n) is 3.91. The molecule has 1 fully saturated rings. The van der Waals surface area contributed by atoms with E-state index < -0.39 is 0 Å². The van der Waals surface area contributed by atoms with Crippen LogP contribution in [0.15, 0.2) is 48.5 Å². The Kier molecular flexibility index (Phi) is 4.20. The molecule has 3 rings (SSSR count). The van der Waals surface area contributed by atoms with E-state index in [1.807, 2.05) is 31.3 Å². The van der Waals surface area contributed by atoms with Gasteiger partial charge in [0, 0.05) is 37.4 Å². The van der Waals surface area contributed by atoms with Crippen LogP contribution in [0.25, 0.3) is 0 Å². The number of hydrogen-bond acceptors (Lipinski definition) is 2. The van der Waals surface area contributed by atoms with E-state index >= 15 is 0 Å². The summed E-state index contributed by atoms with van der Waals surface area (Å²) in [6, 6.07) is 16.2. The van der Waals surface area contributed by atoms with Crippen LogP contribution in [0.2, 0.25) is 0 Å². The lowest BCUT2D eigenvalue weighted by atomic mass is 10.1. The molecular weight excluding hydrogens is 263 g/mol. The fraction of sp³-hybridized carbons (Fsp3) is 0.333. The Morgan fingerprint density at radius 1 is 1.10 bits per heavy atom. The average molecular weight is 284 g/mol. The second-order valence-electron chi connectivity index (χ2n) is 5.73. The molecular formula is C18H21FN2. The molecule has 2 aromatic rings. The van der Waals surface area contributed by atoms with Gasteiger partial charge >= 0.3 is 0 Å². The second kappa shape index (κ2) is 6.27. The van der Waals surface area contributed by atoms with E-state index in [9.17, 15) is 4.39 Å².